The number of carbonyl (C=O) groups is 1. The summed E-state index contributed by atoms with van der Waals surface area (Å²) in [6, 6.07) is 0. The fourth-order valence-electron chi connectivity index (χ4n) is 1.84. The number of amidine groups is 1. The van der Waals surface area contributed by atoms with Crippen molar-refractivity contribution in [2.75, 3.05) is 0 Å². The maximum Gasteiger partial charge on any atom is 0.240 e. The molecule has 0 saturated carbocycles. The minimum atomic E-state index is 0. The Bertz CT molecular complexity index is 669. The second-order valence-corrected chi connectivity index (χ2v) is 8.11. The molecule has 0 radical (unpaired) electrons. The van der Waals surface area contributed by atoms with Crippen LogP contribution in [0.2, 0.25) is 0 Å². The first kappa shape index (κ1) is 25.6. The van der Waals surface area contributed by atoms with Crippen molar-refractivity contribution < 1.29 is 9.63 Å². The van der Waals surface area contributed by atoms with E-state index in [-0.39, 0.29) is 18.6 Å². The van der Waals surface area contributed by atoms with Gasteiger partial charge in [-0.2, -0.15) is 10.2 Å². The lowest BCUT2D eigenvalue weighted by Gasteiger charge is -2.07. The highest BCUT2D eigenvalue weighted by molar-refractivity contribution is 8.04. The van der Waals surface area contributed by atoms with Gasteiger partial charge in [-0.25, -0.2) is 5.48 Å². The average molecular weight is 412 g/mol. The molecule has 3 N–H and O–H groups in total. The van der Waals surface area contributed by atoms with Crippen LogP contribution >= 0.6 is 11.8 Å². The highest BCUT2D eigenvalue weighted by atomic mass is 32.2. The zero-order valence-electron chi connectivity index (χ0n) is 16.7. The van der Waals surface area contributed by atoms with E-state index in [4.69, 9.17) is 4.84 Å². The highest BCUT2D eigenvalue weighted by Gasteiger charge is 2.30. The van der Waals surface area contributed by atoms with Gasteiger partial charge in [-0.3, -0.25) is 4.79 Å². The van der Waals surface area contributed by atoms with E-state index in [1.54, 1.807) is 0 Å². The number of amides is 1. The molecule has 10 heteroatoms. The van der Waals surface area contributed by atoms with Crippen LogP contribution in [0.15, 0.2) is 29.1 Å². The predicted molar refractivity (Wildman–Crippen MR) is 114 cm³/mol. The maximum atomic E-state index is 11.0. The molecule has 3 heterocycles. The van der Waals surface area contributed by atoms with Crippen LogP contribution in [-0.2, 0) is 9.63 Å². The van der Waals surface area contributed by atoms with Crippen LogP contribution in [0.5, 0.6) is 0 Å². The van der Waals surface area contributed by atoms with Gasteiger partial charge in [0.1, 0.15) is 5.84 Å². The van der Waals surface area contributed by atoms with Gasteiger partial charge in [0.2, 0.25) is 11.8 Å². The lowest BCUT2D eigenvalue weighted by molar-refractivity contribution is -0.119. The summed E-state index contributed by atoms with van der Waals surface area (Å²) in [5.41, 5.74) is 2.66. The van der Waals surface area contributed by atoms with Crippen LogP contribution in [0.1, 0.15) is 60.7 Å². The standard InChI is InChI=1S/C7H11NOS.C6H10N2O.C4H8N4.CH4/c1-4(2)6-7(9)8-5(3)10-6;1-4(2)6-7-5(3)9-8-6;1-3(2)4-5-7-8-6-4;/h4,6H,3H2,1-2H3,(H,8,9);4H,3H2,1-2H3,(H,7,8);3H,1-2H3,(H,5,6,7,8);1H4. The van der Waals surface area contributed by atoms with Gasteiger partial charge < -0.3 is 10.2 Å². The van der Waals surface area contributed by atoms with Crippen LogP contribution in [0.4, 0.5) is 0 Å². The van der Waals surface area contributed by atoms with Crippen molar-refractivity contribution in [3.63, 3.8) is 0 Å². The monoisotopic (exact) mass is 411 g/mol. The number of carbonyl (C=O) groups excluding carboxylic acids is 1. The first-order valence-electron chi connectivity index (χ1n) is 8.71. The average Bonchev–Trinajstić information content (AvgIpc) is 3.29. The van der Waals surface area contributed by atoms with E-state index < -0.39 is 0 Å². The van der Waals surface area contributed by atoms with Gasteiger partial charge in [0.05, 0.1) is 10.3 Å². The Hall–Kier alpha value is -2.36. The van der Waals surface area contributed by atoms with E-state index in [2.05, 4.69) is 49.6 Å². The molecule has 2 aliphatic rings. The summed E-state index contributed by atoms with van der Waals surface area (Å²) in [6.07, 6.45) is 0. The highest BCUT2D eigenvalue weighted by Crippen LogP contribution is 2.30. The normalized spacial score (nSPS) is 17.7. The lowest BCUT2D eigenvalue weighted by atomic mass is 10.1. The summed E-state index contributed by atoms with van der Waals surface area (Å²) in [5, 5.41) is 16.9. The Morgan fingerprint density at radius 2 is 1.75 bits per heavy atom. The number of aliphatic imine (C=N–C) groups is 1. The van der Waals surface area contributed by atoms with Gasteiger partial charge in [0.25, 0.3) is 0 Å². The number of hydrogen-bond donors (Lipinski definition) is 3. The number of nitrogens with zero attached hydrogens (tertiary/aromatic N) is 4. The Morgan fingerprint density at radius 1 is 1.11 bits per heavy atom. The Balaban J connectivity index is 0.000000386. The largest absolute Gasteiger partial charge is 0.361 e. The van der Waals surface area contributed by atoms with Crippen LogP contribution in [0.3, 0.4) is 0 Å². The number of rotatable bonds is 3. The maximum absolute atomic E-state index is 11.0. The van der Waals surface area contributed by atoms with Crippen LogP contribution in [-0.4, -0.2) is 37.6 Å². The van der Waals surface area contributed by atoms with Crippen molar-refractivity contribution in [3.8, 4) is 0 Å². The van der Waals surface area contributed by atoms with E-state index in [0.717, 1.165) is 16.7 Å². The molecule has 1 aromatic heterocycles. The third kappa shape index (κ3) is 8.55. The quantitative estimate of drug-likeness (QED) is 0.698. The molecule has 0 aliphatic carbocycles. The first-order chi connectivity index (χ1) is 12.6. The summed E-state index contributed by atoms with van der Waals surface area (Å²) < 4.78 is 0. The summed E-state index contributed by atoms with van der Waals surface area (Å²) in [4.78, 5) is 19.8. The van der Waals surface area contributed by atoms with Gasteiger partial charge in [0.15, 0.2) is 5.82 Å². The summed E-state index contributed by atoms with van der Waals surface area (Å²) >= 11 is 1.53. The molecule has 1 fully saturated rings. The molecular weight excluding hydrogens is 378 g/mol. The van der Waals surface area contributed by atoms with E-state index in [9.17, 15) is 4.79 Å². The number of tetrazole rings is 1. The number of thioether (sulfide) groups is 1. The summed E-state index contributed by atoms with van der Waals surface area (Å²) in [6.45, 7) is 19.4. The number of hydroxylamine groups is 1. The molecule has 3 rings (SSSR count). The molecule has 0 bridgehead atoms. The molecule has 28 heavy (non-hydrogen) atoms. The summed E-state index contributed by atoms with van der Waals surface area (Å²) in [7, 11) is 0. The van der Waals surface area contributed by atoms with Crippen molar-refractivity contribution in [2.45, 2.75) is 60.1 Å². The molecule has 0 aromatic carbocycles. The number of aromatic amines is 1. The zero-order chi connectivity index (χ0) is 20.6. The minimum Gasteiger partial charge on any atom is -0.361 e. The minimum absolute atomic E-state index is 0. The third-order valence-corrected chi connectivity index (χ3v) is 4.74. The Labute approximate surface area is 171 Å². The molecule has 2 aliphatic heterocycles. The van der Waals surface area contributed by atoms with E-state index in [1.807, 2.05) is 41.5 Å². The molecule has 1 saturated heterocycles. The molecule has 158 valence electrons. The van der Waals surface area contributed by atoms with Crippen molar-refractivity contribution in [1.82, 2.24) is 31.4 Å². The molecule has 9 nitrogen and oxygen atoms in total. The SMILES string of the molecule is C.C=C1N=C(C(C)C)NO1.C=C1NC(=O)C(C(C)C)S1.CC(C)c1nn[nH]n1. The topological polar surface area (TPSA) is 117 Å². The molecule has 1 unspecified atom stereocenters. The second kappa shape index (κ2) is 12.2. The number of hydrogen-bond acceptors (Lipinski definition) is 8. The zero-order valence-corrected chi connectivity index (χ0v) is 17.6. The predicted octanol–water partition coefficient (Wildman–Crippen LogP) is 3.35. The fourth-order valence-corrected chi connectivity index (χ4v) is 2.74. The lowest BCUT2D eigenvalue weighted by Crippen LogP contribution is -2.25. The smallest absolute Gasteiger partial charge is 0.240 e. The van der Waals surface area contributed by atoms with E-state index in [1.165, 1.54) is 11.8 Å². The van der Waals surface area contributed by atoms with Crippen LogP contribution in [0.25, 0.3) is 0 Å². The van der Waals surface area contributed by atoms with Gasteiger partial charge in [0, 0.05) is 11.8 Å². The van der Waals surface area contributed by atoms with Crippen LogP contribution in [0, 0.1) is 11.8 Å². The number of nitrogens with one attached hydrogen (secondary N) is 3. The van der Waals surface area contributed by atoms with Gasteiger partial charge in [-0.1, -0.05) is 72.5 Å². The first-order valence-corrected chi connectivity index (χ1v) is 9.59. The van der Waals surface area contributed by atoms with Crippen LogP contribution < -0.4 is 10.8 Å². The molecular formula is C18H33N7O2S. The Morgan fingerprint density at radius 3 is 1.96 bits per heavy atom. The second-order valence-electron chi connectivity index (χ2n) is 6.87. The summed E-state index contributed by atoms with van der Waals surface area (Å²) in [5.74, 6) is 3.30. The van der Waals surface area contributed by atoms with Gasteiger partial charge >= 0.3 is 0 Å². The van der Waals surface area contributed by atoms with E-state index in [0.29, 0.717) is 23.6 Å². The van der Waals surface area contributed by atoms with Gasteiger partial charge in [-0.15, -0.1) is 10.2 Å². The number of aromatic nitrogens is 4. The molecule has 0 spiro atoms. The Kier molecular flexibility index (Phi) is 11.1. The van der Waals surface area contributed by atoms with Crippen molar-refractivity contribution in [1.29, 1.82) is 0 Å². The van der Waals surface area contributed by atoms with Crippen molar-refractivity contribution in [3.05, 3.63) is 29.9 Å². The molecule has 1 amide bonds. The number of H-pyrrole nitrogens is 1. The van der Waals surface area contributed by atoms with Crippen molar-refractivity contribution >= 4 is 23.5 Å². The third-order valence-electron chi connectivity index (χ3n) is 3.34. The van der Waals surface area contributed by atoms with E-state index >= 15 is 0 Å². The van der Waals surface area contributed by atoms with Gasteiger partial charge in [-0.05, 0) is 12.5 Å². The fraction of sp³-hybridized carbons (Fsp3) is 0.611. The van der Waals surface area contributed by atoms with Crippen molar-refractivity contribution in [2.24, 2.45) is 16.8 Å². The molecule has 1 aromatic rings. The molecule has 1 atom stereocenters.